The van der Waals surface area contributed by atoms with Crippen LogP contribution in [0, 0.1) is 11.3 Å². The summed E-state index contributed by atoms with van der Waals surface area (Å²) in [6, 6.07) is 1.89. The van der Waals surface area contributed by atoms with E-state index in [0.717, 1.165) is 26.1 Å². The van der Waals surface area contributed by atoms with Gasteiger partial charge < -0.3 is 14.9 Å². The first-order chi connectivity index (χ1) is 6.81. The maximum atomic E-state index is 8.65. The zero-order valence-corrected chi connectivity index (χ0v) is 7.69. The van der Waals surface area contributed by atoms with Gasteiger partial charge in [0.05, 0.1) is 0 Å². The first kappa shape index (κ1) is 9.03. The SMILES string of the molecule is N#Cc1nc(C2CCOCC2)oc1N. The molecule has 0 aromatic carbocycles. The normalized spacial score (nSPS) is 17.9. The molecule has 1 fully saturated rings. The van der Waals surface area contributed by atoms with Crippen LogP contribution < -0.4 is 5.73 Å². The number of nitrogens with zero attached hydrogens (tertiary/aromatic N) is 2. The number of aromatic nitrogens is 1. The molecule has 1 aromatic heterocycles. The number of nitrogens with two attached hydrogens (primary N) is 1. The number of hydrogen-bond acceptors (Lipinski definition) is 5. The summed E-state index contributed by atoms with van der Waals surface area (Å²) in [6.45, 7) is 1.43. The molecule has 0 radical (unpaired) electrons. The summed E-state index contributed by atoms with van der Waals surface area (Å²) >= 11 is 0. The summed E-state index contributed by atoms with van der Waals surface area (Å²) in [5.41, 5.74) is 5.66. The van der Waals surface area contributed by atoms with E-state index in [2.05, 4.69) is 4.98 Å². The van der Waals surface area contributed by atoms with Crippen molar-refractivity contribution in [3.63, 3.8) is 0 Å². The Morgan fingerprint density at radius 3 is 2.71 bits per heavy atom. The molecule has 0 amide bonds. The van der Waals surface area contributed by atoms with Crippen LogP contribution in [-0.4, -0.2) is 18.2 Å². The minimum Gasteiger partial charge on any atom is -0.424 e. The Morgan fingerprint density at radius 2 is 2.14 bits per heavy atom. The van der Waals surface area contributed by atoms with Crippen molar-refractivity contribution in [2.45, 2.75) is 18.8 Å². The lowest BCUT2D eigenvalue weighted by molar-refractivity contribution is 0.0796. The van der Waals surface area contributed by atoms with Crippen molar-refractivity contribution >= 4 is 5.88 Å². The van der Waals surface area contributed by atoms with Crippen LogP contribution in [0.1, 0.15) is 30.3 Å². The van der Waals surface area contributed by atoms with Crippen LogP contribution in [0.5, 0.6) is 0 Å². The van der Waals surface area contributed by atoms with Crippen molar-refractivity contribution in [3.05, 3.63) is 11.6 Å². The zero-order chi connectivity index (χ0) is 9.97. The molecule has 74 valence electrons. The fraction of sp³-hybridized carbons (Fsp3) is 0.556. The van der Waals surface area contributed by atoms with Crippen LogP contribution >= 0.6 is 0 Å². The Morgan fingerprint density at radius 1 is 1.43 bits per heavy atom. The molecule has 1 saturated heterocycles. The molecule has 5 nitrogen and oxygen atoms in total. The van der Waals surface area contributed by atoms with Gasteiger partial charge in [-0.15, -0.1) is 0 Å². The van der Waals surface area contributed by atoms with Gasteiger partial charge in [-0.3, -0.25) is 0 Å². The molecule has 2 N–H and O–H groups in total. The Bertz CT molecular complexity index is 361. The molecule has 1 aliphatic rings. The lowest BCUT2D eigenvalue weighted by Crippen LogP contribution is -2.14. The highest BCUT2D eigenvalue weighted by molar-refractivity contribution is 5.40. The number of nitrogen functional groups attached to an aromatic ring is 1. The Labute approximate surface area is 81.5 Å². The van der Waals surface area contributed by atoms with Gasteiger partial charge in [0.2, 0.25) is 17.5 Å². The highest BCUT2D eigenvalue weighted by Crippen LogP contribution is 2.28. The van der Waals surface area contributed by atoms with E-state index in [-0.39, 0.29) is 17.5 Å². The van der Waals surface area contributed by atoms with Gasteiger partial charge in [-0.05, 0) is 12.8 Å². The predicted octanol–water partition coefficient (Wildman–Crippen LogP) is 1.02. The molecule has 0 aliphatic carbocycles. The van der Waals surface area contributed by atoms with Crippen molar-refractivity contribution in [2.24, 2.45) is 0 Å². The third kappa shape index (κ3) is 1.56. The number of hydrogen-bond donors (Lipinski definition) is 1. The Kier molecular flexibility index (Phi) is 2.37. The van der Waals surface area contributed by atoms with Crippen LogP contribution in [0.2, 0.25) is 0 Å². The highest BCUT2D eigenvalue weighted by atomic mass is 16.5. The van der Waals surface area contributed by atoms with Gasteiger partial charge in [-0.2, -0.15) is 5.26 Å². The summed E-state index contributed by atoms with van der Waals surface area (Å²) in [7, 11) is 0. The van der Waals surface area contributed by atoms with Crippen LogP contribution in [0.4, 0.5) is 5.88 Å². The standard InChI is InChI=1S/C9H11N3O2/c10-5-7-8(11)14-9(12-7)6-1-3-13-4-2-6/h6H,1-4,11H2. The average Bonchev–Trinajstić information content (AvgIpc) is 2.61. The number of rotatable bonds is 1. The summed E-state index contributed by atoms with van der Waals surface area (Å²) in [5.74, 6) is 0.935. The topological polar surface area (TPSA) is 85.1 Å². The van der Waals surface area contributed by atoms with Gasteiger partial charge in [-0.1, -0.05) is 0 Å². The number of oxazole rings is 1. The smallest absolute Gasteiger partial charge is 0.229 e. The molecule has 0 saturated carbocycles. The molecule has 0 atom stereocenters. The number of ether oxygens (including phenoxy) is 1. The molecular formula is C9H11N3O2. The van der Waals surface area contributed by atoms with E-state index in [0.29, 0.717) is 5.89 Å². The zero-order valence-electron chi connectivity index (χ0n) is 7.69. The summed E-state index contributed by atoms with van der Waals surface area (Å²) in [6.07, 6.45) is 1.76. The molecule has 0 unspecified atom stereocenters. The van der Waals surface area contributed by atoms with Gasteiger partial charge >= 0.3 is 0 Å². The first-order valence-electron chi connectivity index (χ1n) is 4.55. The van der Waals surface area contributed by atoms with Crippen molar-refractivity contribution in [3.8, 4) is 6.07 Å². The van der Waals surface area contributed by atoms with Gasteiger partial charge in [0.25, 0.3) is 0 Å². The predicted molar refractivity (Wildman–Crippen MR) is 48.4 cm³/mol. The van der Waals surface area contributed by atoms with Gasteiger partial charge in [0.15, 0.2) is 0 Å². The molecule has 5 heteroatoms. The summed E-state index contributed by atoms with van der Waals surface area (Å²) in [5, 5.41) is 8.65. The molecule has 2 heterocycles. The van der Waals surface area contributed by atoms with Crippen LogP contribution in [0.15, 0.2) is 4.42 Å². The lowest BCUT2D eigenvalue weighted by Gasteiger charge is -2.18. The van der Waals surface area contributed by atoms with Crippen LogP contribution in [-0.2, 0) is 4.74 Å². The second kappa shape index (κ2) is 3.68. The lowest BCUT2D eigenvalue weighted by atomic mass is 10.0. The quantitative estimate of drug-likeness (QED) is 0.719. The van der Waals surface area contributed by atoms with Crippen molar-refractivity contribution in [1.29, 1.82) is 5.26 Å². The van der Waals surface area contributed by atoms with E-state index in [1.54, 1.807) is 0 Å². The summed E-state index contributed by atoms with van der Waals surface area (Å²) < 4.78 is 10.5. The van der Waals surface area contributed by atoms with Crippen LogP contribution in [0.25, 0.3) is 0 Å². The Hall–Kier alpha value is -1.54. The first-order valence-corrected chi connectivity index (χ1v) is 4.55. The van der Waals surface area contributed by atoms with E-state index >= 15 is 0 Å². The highest BCUT2D eigenvalue weighted by Gasteiger charge is 2.22. The molecule has 2 rings (SSSR count). The minimum atomic E-state index is 0.119. The molecule has 0 spiro atoms. The maximum absolute atomic E-state index is 8.65. The van der Waals surface area contributed by atoms with Crippen LogP contribution in [0.3, 0.4) is 0 Å². The number of nitriles is 1. The third-order valence-corrected chi connectivity index (χ3v) is 2.35. The number of anilines is 1. The summed E-state index contributed by atoms with van der Waals surface area (Å²) in [4.78, 5) is 4.04. The fourth-order valence-corrected chi connectivity index (χ4v) is 1.55. The van der Waals surface area contributed by atoms with E-state index in [1.165, 1.54) is 0 Å². The van der Waals surface area contributed by atoms with Crippen molar-refractivity contribution in [2.75, 3.05) is 18.9 Å². The van der Waals surface area contributed by atoms with Crippen molar-refractivity contribution in [1.82, 2.24) is 4.98 Å². The molecule has 14 heavy (non-hydrogen) atoms. The fourth-order valence-electron chi connectivity index (χ4n) is 1.55. The second-order valence-corrected chi connectivity index (χ2v) is 3.26. The third-order valence-electron chi connectivity index (χ3n) is 2.35. The molecular weight excluding hydrogens is 182 g/mol. The van der Waals surface area contributed by atoms with E-state index < -0.39 is 0 Å². The van der Waals surface area contributed by atoms with Gasteiger partial charge in [0, 0.05) is 19.1 Å². The van der Waals surface area contributed by atoms with E-state index in [4.69, 9.17) is 20.1 Å². The molecule has 1 aromatic rings. The second-order valence-electron chi connectivity index (χ2n) is 3.26. The molecule has 0 bridgehead atoms. The monoisotopic (exact) mass is 193 g/mol. The maximum Gasteiger partial charge on any atom is 0.229 e. The van der Waals surface area contributed by atoms with E-state index in [9.17, 15) is 0 Å². The molecule has 1 aliphatic heterocycles. The largest absolute Gasteiger partial charge is 0.424 e. The minimum absolute atomic E-state index is 0.119. The van der Waals surface area contributed by atoms with Crippen molar-refractivity contribution < 1.29 is 9.15 Å². The average molecular weight is 193 g/mol. The van der Waals surface area contributed by atoms with Gasteiger partial charge in [-0.25, -0.2) is 4.98 Å². The Balaban J connectivity index is 2.19. The van der Waals surface area contributed by atoms with Gasteiger partial charge in [0.1, 0.15) is 6.07 Å². The van der Waals surface area contributed by atoms with E-state index in [1.807, 2.05) is 6.07 Å².